The number of nitrogens with zero attached hydrogens (tertiary/aromatic N) is 1. The summed E-state index contributed by atoms with van der Waals surface area (Å²) < 4.78 is 0. The Hall–Kier alpha value is -0.900. The van der Waals surface area contributed by atoms with Gasteiger partial charge < -0.3 is 10.0 Å². The number of amides is 1. The van der Waals surface area contributed by atoms with Gasteiger partial charge in [-0.1, -0.05) is 13.8 Å². The summed E-state index contributed by atoms with van der Waals surface area (Å²) in [6.45, 7) is 7.85. The Morgan fingerprint density at radius 1 is 1.13 bits per heavy atom. The first-order valence-corrected chi connectivity index (χ1v) is 5.45. The quantitative estimate of drug-likeness (QED) is 0.709. The molecule has 4 nitrogen and oxygen atoms in total. The van der Waals surface area contributed by atoms with Crippen LogP contribution in [-0.4, -0.2) is 40.4 Å². The van der Waals surface area contributed by atoms with Crippen LogP contribution in [0.3, 0.4) is 0 Å². The number of aliphatic hydroxyl groups is 1. The van der Waals surface area contributed by atoms with E-state index in [4.69, 9.17) is 0 Å². The zero-order valence-electron chi connectivity index (χ0n) is 10.0. The number of likely N-dealkylation sites (tertiary alicyclic amines) is 1. The van der Waals surface area contributed by atoms with Gasteiger partial charge in [0.05, 0.1) is 0 Å². The maximum atomic E-state index is 11.0. The van der Waals surface area contributed by atoms with Crippen molar-refractivity contribution < 1.29 is 14.7 Å². The zero-order chi connectivity index (χ0) is 12.1. The first-order chi connectivity index (χ1) is 6.96. The summed E-state index contributed by atoms with van der Waals surface area (Å²) in [7, 11) is 0. The predicted molar refractivity (Wildman–Crippen MR) is 58.5 cm³/mol. The molecule has 1 amide bonds. The Morgan fingerprint density at radius 3 is 1.80 bits per heavy atom. The van der Waals surface area contributed by atoms with Gasteiger partial charge in [0.1, 0.15) is 5.60 Å². The van der Waals surface area contributed by atoms with Gasteiger partial charge in [-0.2, -0.15) is 0 Å². The van der Waals surface area contributed by atoms with Crippen LogP contribution in [0.1, 0.15) is 40.5 Å². The van der Waals surface area contributed by atoms with Crippen molar-refractivity contribution in [3.63, 3.8) is 0 Å². The van der Waals surface area contributed by atoms with Crippen molar-refractivity contribution in [3.8, 4) is 0 Å². The highest BCUT2D eigenvalue weighted by atomic mass is 16.3. The maximum absolute atomic E-state index is 11.0. The molecule has 0 aromatic carbocycles. The number of carbonyl (C=O) groups excluding carboxylic acids is 2. The van der Waals surface area contributed by atoms with Crippen LogP contribution in [0.4, 0.5) is 0 Å². The van der Waals surface area contributed by atoms with E-state index in [0.717, 1.165) is 0 Å². The van der Waals surface area contributed by atoms with Gasteiger partial charge in [0, 0.05) is 32.9 Å². The predicted octanol–water partition coefficient (Wildman–Crippen LogP) is 0.975. The van der Waals surface area contributed by atoms with E-state index in [-0.39, 0.29) is 11.7 Å². The third-order valence-corrected chi connectivity index (χ3v) is 2.69. The number of rotatable bonds is 1. The minimum Gasteiger partial charge on any atom is -0.382 e. The topological polar surface area (TPSA) is 57.6 Å². The van der Waals surface area contributed by atoms with Crippen molar-refractivity contribution in [1.82, 2.24) is 4.90 Å². The number of hydrogen-bond donors (Lipinski definition) is 1. The normalized spacial score (nSPS) is 18.9. The Balaban J connectivity index is 0.000000921. The Labute approximate surface area is 91.3 Å². The van der Waals surface area contributed by atoms with Crippen molar-refractivity contribution in [1.29, 1.82) is 0 Å². The molecule has 1 heterocycles. The lowest BCUT2D eigenvalue weighted by atomic mass is 9.88. The molecule has 0 atom stereocenters. The molecule has 88 valence electrons. The van der Waals surface area contributed by atoms with Gasteiger partial charge in [0.25, 0.3) is 0 Å². The zero-order valence-corrected chi connectivity index (χ0v) is 10.0. The van der Waals surface area contributed by atoms with Gasteiger partial charge in [-0.05, 0) is 6.92 Å². The first kappa shape index (κ1) is 14.1. The van der Waals surface area contributed by atoms with E-state index in [0.29, 0.717) is 25.9 Å². The van der Waals surface area contributed by atoms with Crippen molar-refractivity contribution in [3.05, 3.63) is 0 Å². The van der Waals surface area contributed by atoms with Crippen LogP contribution < -0.4 is 0 Å². The van der Waals surface area contributed by atoms with E-state index in [1.54, 1.807) is 4.90 Å². The molecule has 0 aliphatic carbocycles. The summed E-state index contributed by atoms with van der Waals surface area (Å²) in [5, 5.41) is 9.76. The van der Waals surface area contributed by atoms with Crippen LogP contribution >= 0.6 is 0 Å². The Bertz CT molecular complexity index is 230. The molecule has 1 saturated heterocycles. The van der Waals surface area contributed by atoms with Crippen LogP contribution in [0, 0.1) is 0 Å². The first-order valence-electron chi connectivity index (χ1n) is 5.45. The fourth-order valence-electron chi connectivity index (χ4n) is 1.54. The van der Waals surface area contributed by atoms with E-state index in [1.165, 1.54) is 13.8 Å². The fourth-order valence-corrected chi connectivity index (χ4v) is 1.54. The Morgan fingerprint density at radius 2 is 1.53 bits per heavy atom. The van der Waals surface area contributed by atoms with Crippen molar-refractivity contribution in [2.75, 3.05) is 13.1 Å². The van der Waals surface area contributed by atoms with Crippen LogP contribution in [0.15, 0.2) is 0 Å². The molecule has 1 aliphatic rings. The lowest BCUT2D eigenvalue weighted by Gasteiger charge is -2.35. The largest absolute Gasteiger partial charge is 0.382 e. The molecular formula is C11H21NO3. The monoisotopic (exact) mass is 215 g/mol. The average molecular weight is 215 g/mol. The summed E-state index contributed by atoms with van der Waals surface area (Å²) >= 11 is 0. The Kier molecular flexibility index (Phi) is 5.50. The lowest BCUT2D eigenvalue weighted by Crippen LogP contribution is -2.49. The smallest absolute Gasteiger partial charge is 0.219 e. The molecule has 0 aromatic rings. The molecule has 15 heavy (non-hydrogen) atoms. The molecule has 0 bridgehead atoms. The average Bonchev–Trinajstić information content (AvgIpc) is 2.21. The molecule has 0 unspecified atom stereocenters. The van der Waals surface area contributed by atoms with Crippen molar-refractivity contribution >= 4 is 11.7 Å². The van der Waals surface area contributed by atoms with E-state index >= 15 is 0 Å². The van der Waals surface area contributed by atoms with Gasteiger partial charge in [0.15, 0.2) is 5.78 Å². The summed E-state index contributed by atoms with van der Waals surface area (Å²) in [4.78, 5) is 23.6. The second-order valence-corrected chi connectivity index (χ2v) is 3.59. The SMILES string of the molecule is CC.CC(=O)N1CCC(O)(C(C)=O)CC1. The van der Waals surface area contributed by atoms with E-state index in [2.05, 4.69) is 0 Å². The lowest BCUT2D eigenvalue weighted by molar-refractivity contribution is -0.145. The summed E-state index contributed by atoms with van der Waals surface area (Å²) in [6.07, 6.45) is 0.726. The molecule has 0 saturated carbocycles. The van der Waals surface area contributed by atoms with Gasteiger partial charge in [0.2, 0.25) is 5.91 Å². The van der Waals surface area contributed by atoms with E-state index in [1.807, 2.05) is 13.8 Å². The molecular weight excluding hydrogens is 194 g/mol. The number of piperidine rings is 1. The molecule has 4 heteroatoms. The number of hydrogen-bond acceptors (Lipinski definition) is 3. The highest BCUT2D eigenvalue weighted by Gasteiger charge is 2.36. The molecule has 1 rings (SSSR count). The van der Waals surface area contributed by atoms with Crippen LogP contribution in [0.25, 0.3) is 0 Å². The van der Waals surface area contributed by atoms with Gasteiger partial charge >= 0.3 is 0 Å². The highest BCUT2D eigenvalue weighted by molar-refractivity contribution is 5.85. The second-order valence-electron chi connectivity index (χ2n) is 3.59. The van der Waals surface area contributed by atoms with Crippen molar-refractivity contribution in [2.45, 2.75) is 46.1 Å². The van der Waals surface area contributed by atoms with Gasteiger partial charge in [-0.25, -0.2) is 0 Å². The molecule has 1 aliphatic heterocycles. The van der Waals surface area contributed by atoms with E-state index < -0.39 is 5.60 Å². The van der Waals surface area contributed by atoms with E-state index in [9.17, 15) is 14.7 Å². The van der Waals surface area contributed by atoms with Gasteiger partial charge in [-0.15, -0.1) is 0 Å². The highest BCUT2D eigenvalue weighted by Crippen LogP contribution is 2.22. The van der Waals surface area contributed by atoms with Crippen LogP contribution in [0.5, 0.6) is 0 Å². The molecule has 1 N–H and O–H groups in total. The van der Waals surface area contributed by atoms with Crippen molar-refractivity contribution in [2.24, 2.45) is 0 Å². The van der Waals surface area contributed by atoms with Crippen LogP contribution in [-0.2, 0) is 9.59 Å². The minimum atomic E-state index is -1.19. The fraction of sp³-hybridized carbons (Fsp3) is 0.818. The third-order valence-electron chi connectivity index (χ3n) is 2.69. The molecule has 0 aromatic heterocycles. The standard InChI is InChI=1S/C9H15NO3.C2H6/c1-7(11)9(13)3-5-10(6-4-9)8(2)12;1-2/h13H,3-6H2,1-2H3;1-2H3. The number of ketones is 1. The summed E-state index contributed by atoms with van der Waals surface area (Å²) in [6, 6.07) is 0. The summed E-state index contributed by atoms with van der Waals surface area (Å²) in [5.74, 6) is -0.193. The number of carbonyl (C=O) groups is 2. The minimum absolute atomic E-state index is 0.00519. The molecule has 1 fully saturated rings. The number of Topliss-reactive ketones (excluding diaryl/α,β-unsaturated/α-hetero) is 1. The molecule has 0 radical (unpaired) electrons. The molecule has 0 spiro atoms. The summed E-state index contributed by atoms with van der Waals surface area (Å²) in [5.41, 5.74) is -1.19. The third kappa shape index (κ3) is 3.63. The second kappa shape index (κ2) is 5.85. The van der Waals surface area contributed by atoms with Crippen LogP contribution in [0.2, 0.25) is 0 Å². The van der Waals surface area contributed by atoms with Gasteiger partial charge in [-0.3, -0.25) is 9.59 Å². The maximum Gasteiger partial charge on any atom is 0.219 e.